The Balaban J connectivity index is 2.18. The monoisotopic (exact) mass is 288 g/mol. The lowest BCUT2D eigenvalue weighted by molar-refractivity contribution is 0.0696. The maximum atomic E-state index is 11.2. The van der Waals surface area contributed by atoms with Crippen molar-refractivity contribution in [3.05, 3.63) is 40.8 Å². The van der Waals surface area contributed by atoms with Gasteiger partial charge in [-0.05, 0) is 25.5 Å². The molecular weight excluding hydrogens is 268 g/mol. The second-order valence-corrected chi connectivity index (χ2v) is 5.05. The Hall–Kier alpha value is -2.37. The first-order chi connectivity index (χ1) is 9.99. The number of aromatic carboxylic acids is 1. The molecule has 0 saturated heterocycles. The van der Waals surface area contributed by atoms with E-state index in [1.807, 2.05) is 27.1 Å². The molecule has 2 rings (SSSR count). The number of aryl methyl sites for hydroxylation is 3. The number of rotatable bonds is 6. The Labute approximate surface area is 123 Å². The van der Waals surface area contributed by atoms with Crippen molar-refractivity contribution in [1.82, 2.24) is 14.8 Å². The third-order valence-electron chi connectivity index (χ3n) is 3.21. The van der Waals surface area contributed by atoms with Crippen molar-refractivity contribution in [2.45, 2.75) is 33.2 Å². The summed E-state index contributed by atoms with van der Waals surface area (Å²) in [5.41, 5.74) is 3.08. The molecule has 0 aliphatic heterocycles. The molecule has 0 aliphatic rings. The number of anilines is 1. The number of carbonyl (C=O) groups is 1. The minimum atomic E-state index is -0.935. The molecule has 2 heterocycles. The van der Waals surface area contributed by atoms with E-state index in [0.29, 0.717) is 12.4 Å². The molecule has 6 heteroatoms. The average Bonchev–Trinajstić information content (AvgIpc) is 2.75. The maximum absolute atomic E-state index is 11.2. The van der Waals surface area contributed by atoms with E-state index in [4.69, 9.17) is 5.11 Å². The quantitative estimate of drug-likeness (QED) is 0.853. The molecular formula is C15H20N4O2. The zero-order chi connectivity index (χ0) is 15.4. The summed E-state index contributed by atoms with van der Waals surface area (Å²) < 4.78 is 1.76. The summed E-state index contributed by atoms with van der Waals surface area (Å²) in [5.74, 6) is -0.350. The fourth-order valence-corrected chi connectivity index (χ4v) is 2.19. The van der Waals surface area contributed by atoms with Gasteiger partial charge in [-0.25, -0.2) is 9.78 Å². The second-order valence-electron chi connectivity index (χ2n) is 5.05. The van der Waals surface area contributed by atoms with E-state index in [2.05, 4.69) is 15.4 Å². The van der Waals surface area contributed by atoms with Crippen LogP contribution in [0.2, 0.25) is 0 Å². The van der Waals surface area contributed by atoms with Crippen LogP contribution >= 0.6 is 0 Å². The molecule has 0 aliphatic carbocycles. The van der Waals surface area contributed by atoms with Crippen LogP contribution in [0, 0.1) is 6.92 Å². The van der Waals surface area contributed by atoms with Crippen LogP contribution in [-0.2, 0) is 20.0 Å². The van der Waals surface area contributed by atoms with Gasteiger partial charge in [0.05, 0.1) is 11.3 Å². The zero-order valence-corrected chi connectivity index (χ0v) is 12.6. The van der Waals surface area contributed by atoms with Gasteiger partial charge in [-0.1, -0.05) is 13.3 Å². The van der Waals surface area contributed by atoms with Crippen molar-refractivity contribution < 1.29 is 9.90 Å². The highest BCUT2D eigenvalue weighted by Crippen LogP contribution is 2.14. The molecule has 2 aromatic heterocycles. The smallest absolute Gasteiger partial charge is 0.335 e. The van der Waals surface area contributed by atoms with Crippen molar-refractivity contribution in [1.29, 1.82) is 0 Å². The number of aromatic nitrogens is 3. The van der Waals surface area contributed by atoms with Gasteiger partial charge in [0.25, 0.3) is 0 Å². The Kier molecular flexibility index (Phi) is 4.57. The largest absolute Gasteiger partial charge is 0.478 e. The van der Waals surface area contributed by atoms with Crippen molar-refractivity contribution in [3.63, 3.8) is 0 Å². The van der Waals surface area contributed by atoms with E-state index < -0.39 is 5.97 Å². The van der Waals surface area contributed by atoms with E-state index in [1.54, 1.807) is 16.8 Å². The molecule has 0 aromatic carbocycles. The number of hydrogen-bond acceptors (Lipinski definition) is 4. The summed E-state index contributed by atoms with van der Waals surface area (Å²) in [6, 6.07) is 3.19. The molecule has 0 fully saturated rings. The fourth-order valence-electron chi connectivity index (χ4n) is 2.19. The van der Waals surface area contributed by atoms with Crippen LogP contribution in [0.5, 0.6) is 0 Å². The van der Waals surface area contributed by atoms with Crippen LogP contribution in [0.1, 0.15) is 40.7 Å². The number of carboxylic acids is 1. The average molecular weight is 288 g/mol. The molecule has 0 spiro atoms. The van der Waals surface area contributed by atoms with Crippen LogP contribution in [0.25, 0.3) is 0 Å². The molecule has 0 unspecified atom stereocenters. The zero-order valence-electron chi connectivity index (χ0n) is 12.6. The van der Waals surface area contributed by atoms with E-state index in [-0.39, 0.29) is 5.56 Å². The lowest BCUT2D eigenvalue weighted by Gasteiger charge is -2.08. The van der Waals surface area contributed by atoms with Crippen molar-refractivity contribution in [3.8, 4) is 0 Å². The number of nitrogens with zero attached hydrogens (tertiary/aromatic N) is 3. The summed E-state index contributed by atoms with van der Waals surface area (Å²) in [4.78, 5) is 15.6. The van der Waals surface area contributed by atoms with Crippen LogP contribution in [-0.4, -0.2) is 25.8 Å². The van der Waals surface area contributed by atoms with Gasteiger partial charge in [0, 0.05) is 31.0 Å². The maximum Gasteiger partial charge on any atom is 0.335 e. The first-order valence-electron chi connectivity index (χ1n) is 6.97. The summed E-state index contributed by atoms with van der Waals surface area (Å²) >= 11 is 0. The van der Waals surface area contributed by atoms with Crippen LogP contribution < -0.4 is 5.32 Å². The molecule has 0 atom stereocenters. The minimum Gasteiger partial charge on any atom is -0.478 e. The van der Waals surface area contributed by atoms with Gasteiger partial charge in [0.2, 0.25) is 0 Å². The van der Waals surface area contributed by atoms with E-state index in [9.17, 15) is 4.79 Å². The van der Waals surface area contributed by atoms with Crippen molar-refractivity contribution in [2.75, 3.05) is 5.32 Å². The van der Waals surface area contributed by atoms with E-state index in [1.165, 1.54) is 0 Å². The van der Waals surface area contributed by atoms with Crippen molar-refractivity contribution in [2.24, 2.45) is 7.05 Å². The van der Waals surface area contributed by atoms with Crippen LogP contribution in [0.3, 0.4) is 0 Å². The van der Waals surface area contributed by atoms with Crippen LogP contribution in [0.4, 0.5) is 5.82 Å². The molecule has 112 valence electrons. The predicted octanol–water partition coefficient (Wildman–Crippen LogP) is 2.39. The molecule has 2 N–H and O–H groups in total. The van der Waals surface area contributed by atoms with Gasteiger partial charge < -0.3 is 10.4 Å². The van der Waals surface area contributed by atoms with Gasteiger partial charge >= 0.3 is 5.97 Å². The van der Waals surface area contributed by atoms with Gasteiger partial charge in [-0.2, -0.15) is 5.10 Å². The molecule has 21 heavy (non-hydrogen) atoms. The second kappa shape index (κ2) is 6.39. The van der Waals surface area contributed by atoms with Gasteiger partial charge in [0.1, 0.15) is 5.82 Å². The topological polar surface area (TPSA) is 80.0 Å². The Morgan fingerprint density at radius 2 is 2.19 bits per heavy atom. The van der Waals surface area contributed by atoms with Gasteiger partial charge in [-0.15, -0.1) is 0 Å². The van der Waals surface area contributed by atoms with E-state index >= 15 is 0 Å². The number of carboxylic acid groups (broad SMARTS) is 1. The summed E-state index contributed by atoms with van der Waals surface area (Å²) in [6.45, 7) is 4.56. The highest BCUT2D eigenvalue weighted by atomic mass is 16.4. The highest BCUT2D eigenvalue weighted by Gasteiger charge is 2.09. The molecule has 0 saturated carbocycles. The lowest BCUT2D eigenvalue weighted by Crippen LogP contribution is -2.07. The third kappa shape index (κ3) is 3.81. The standard InChI is InChI=1S/C15H20N4O2/c1-4-5-13-6-11(15(20)21)7-14(17-13)16-8-12-9-19(3)18-10(12)2/h6-7,9H,4-5,8H2,1-3H3,(H,16,17)(H,20,21). The lowest BCUT2D eigenvalue weighted by atomic mass is 10.1. The van der Waals surface area contributed by atoms with Gasteiger partial charge in [-0.3, -0.25) is 4.68 Å². The first-order valence-corrected chi connectivity index (χ1v) is 6.97. The Morgan fingerprint density at radius 1 is 1.43 bits per heavy atom. The Morgan fingerprint density at radius 3 is 2.76 bits per heavy atom. The number of nitrogens with one attached hydrogen (secondary N) is 1. The minimum absolute atomic E-state index is 0.263. The first kappa shape index (κ1) is 15.0. The summed E-state index contributed by atoms with van der Waals surface area (Å²) in [6.07, 6.45) is 3.63. The SMILES string of the molecule is CCCc1cc(C(=O)O)cc(NCc2cn(C)nc2C)n1. The molecule has 6 nitrogen and oxygen atoms in total. The molecule has 0 amide bonds. The molecule has 2 aromatic rings. The van der Waals surface area contributed by atoms with Crippen molar-refractivity contribution >= 4 is 11.8 Å². The molecule has 0 bridgehead atoms. The van der Waals surface area contributed by atoms with Crippen LogP contribution in [0.15, 0.2) is 18.3 Å². The predicted molar refractivity (Wildman–Crippen MR) is 80.5 cm³/mol. The third-order valence-corrected chi connectivity index (χ3v) is 3.21. The number of pyridine rings is 1. The normalized spacial score (nSPS) is 10.6. The van der Waals surface area contributed by atoms with E-state index in [0.717, 1.165) is 29.8 Å². The molecule has 0 radical (unpaired) electrons. The number of hydrogen-bond donors (Lipinski definition) is 2. The fraction of sp³-hybridized carbons (Fsp3) is 0.400. The highest BCUT2D eigenvalue weighted by molar-refractivity contribution is 5.88. The van der Waals surface area contributed by atoms with Gasteiger partial charge in [0.15, 0.2) is 0 Å². The Bertz CT molecular complexity index is 649. The summed E-state index contributed by atoms with van der Waals surface area (Å²) in [7, 11) is 1.87. The summed E-state index contributed by atoms with van der Waals surface area (Å²) in [5, 5.41) is 16.6.